The van der Waals surface area contributed by atoms with Gasteiger partial charge in [-0.3, -0.25) is 9.69 Å². The number of carbonyl (C=O) groups excluding carboxylic acids is 1. The second-order valence-electron chi connectivity index (χ2n) is 10.4. The Bertz CT molecular complexity index is 1210. The van der Waals surface area contributed by atoms with Gasteiger partial charge in [0, 0.05) is 31.7 Å². The van der Waals surface area contributed by atoms with Crippen LogP contribution in [-0.4, -0.2) is 56.5 Å². The molecule has 0 radical (unpaired) electrons. The molecule has 4 heterocycles. The fourth-order valence-electron chi connectivity index (χ4n) is 8.60. The maximum absolute atomic E-state index is 13.9. The lowest BCUT2D eigenvalue weighted by molar-refractivity contribution is -0.183. The topological polar surface area (TPSA) is 42.0 Å². The van der Waals surface area contributed by atoms with Crippen LogP contribution in [0.2, 0.25) is 0 Å². The standard InChI is InChI=1S/C28H30N2O3/c1-4-18-16-30-13-12-27-22-14-20(19-8-6-5-7-9-19)10-11-23(22)29(2)28(27)24(30)15-21(18)26(27,17-33-28)25(31)32-3/h4-11,14,21,24H,12-13,15-17H2,1-3H3/b18-4-/t21-,24-,26-,27-,28+/m0/s1. The monoisotopic (exact) mass is 442 g/mol. The van der Waals surface area contributed by atoms with E-state index in [1.54, 1.807) is 7.11 Å². The fourth-order valence-corrected chi connectivity index (χ4v) is 8.60. The number of fused-ring (bicyclic) bond motifs is 3. The zero-order valence-corrected chi connectivity index (χ0v) is 19.5. The van der Waals surface area contributed by atoms with Crippen LogP contribution in [0.25, 0.3) is 11.1 Å². The molecule has 7 rings (SSSR count). The van der Waals surface area contributed by atoms with Crippen molar-refractivity contribution in [1.29, 1.82) is 0 Å². The van der Waals surface area contributed by atoms with Gasteiger partial charge in [-0.15, -0.1) is 0 Å². The molecule has 5 aliphatic rings. The minimum atomic E-state index is -0.707. The van der Waals surface area contributed by atoms with E-state index in [1.165, 1.54) is 28.0 Å². The molecule has 4 aliphatic heterocycles. The molecule has 5 heteroatoms. The lowest BCUT2D eigenvalue weighted by Crippen LogP contribution is -2.80. The Balaban J connectivity index is 1.56. The van der Waals surface area contributed by atoms with Crippen LogP contribution in [0.4, 0.5) is 5.69 Å². The van der Waals surface area contributed by atoms with Crippen LogP contribution < -0.4 is 4.90 Å². The van der Waals surface area contributed by atoms with Crippen molar-refractivity contribution in [2.45, 2.75) is 36.9 Å². The number of esters is 1. The fraction of sp³-hybridized carbons (Fsp3) is 0.464. The van der Waals surface area contributed by atoms with Crippen LogP contribution in [-0.2, 0) is 19.7 Å². The van der Waals surface area contributed by atoms with E-state index < -0.39 is 16.6 Å². The van der Waals surface area contributed by atoms with Gasteiger partial charge in [0.1, 0.15) is 5.41 Å². The summed E-state index contributed by atoms with van der Waals surface area (Å²) in [5.74, 6) is 0.0424. The van der Waals surface area contributed by atoms with Crippen LogP contribution in [0.1, 0.15) is 25.3 Å². The van der Waals surface area contributed by atoms with Gasteiger partial charge in [-0.05, 0) is 48.6 Å². The number of allylic oxidation sites excluding steroid dienone is 1. The van der Waals surface area contributed by atoms with Crippen LogP contribution in [0, 0.1) is 11.3 Å². The Morgan fingerprint density at radius 1 is 1.18 bits per heavy atom. The van der Waals surface area contributed by atoms with E-state index >= 15 is 0 Å². The van der Waals surface area contributed by atoms with Crippen LogP contribution in [0.5, 0.6) is 0 Å². The predicted octanol–water partition coefficient (Wildman–Crippen LogP) is 3.98. The number of nitrogens with zero attached hydrogens (tertiary/aromatic N) is 2. The third-order valence-electron chi connectivity index (χ3n) is 9.79. The zero-order chi connectivity index (χ0) is 22.6. The van der Waals surface area contributed by atoms with Gasteiger partial charge >= 0.3 is 5.97 Å². The molecular formula is C28H30N2O3. The predicted molar refractivity (Wildman–Crippen MR) is 127 cm³/mol. The molecule has 1 saturated carbocycles. The van der Waals surface area contributed by atoms with E-state index in [2.05, 4.69) is 78.4 Å². The molecule has 170 valence electrons. The summed E-state index contributed by atoms with van der Waals surface area (Å²) in [6, 6.07) is 17.6. The average molecular weight is 443 g/mol. The summed E-state index contributed by atoms with van der Waals surface area (Å²) in [5, 5.41) is 0. The number of benzene rings is 2. The maximum Gasteiger partial charge on any atom is 0.315 e. The third-order valence-corrected chi connectivity index (χ3v) is 9.79. The molecule has 3 saturated heterocycles. The number of hydrogen-bond acceptors (Lipinski definition) is 5. The SMILES string of the molecule is C/C=C1/CN2CC[C@@]34c5cc(-c6ccccc6)ccc5N(C)[C@]35OC[C@@]4(C(=O)OC)[C@H]1C[C@H]25. The molecule has 0 N–H and O–H groups in total. The zero-order valence-electron chi connectivity index (χ0n) is 19.5. The van der Waals surface area contributed by atoms with Gasteiger partial charge in [0.25, 0.3) is 0 Å². The van der Waals surface area contributed by atoms with Gasteiger partial charge in [-0.25, -0.2) is 0 Å². The van der Waals surface area contributed by atoms with Crippen LogP contribution in [0.3, 0.4) is 0 Å². The van der Waals surface area contributed by atoms with E-state index in [-0.39, 0.29) is 17.9 Å². The van der Waals surface area contributed by atoms with E-state index in [9.17, 15) is 4.79 Å². The van der Waals surface area contributed by atoms with Gasteiger partial charge in [0.2, 0.25) is 0 Å². The lowest BCUT2D eigenvalue weighted by atomic mass is 9.43. The highest BCUT2D eigenvalue weighted by molar-refractivity contribution is 5.87. The van der Waals surface area contributed by atoms with Crippen molar-refractivity contribution in [3.8, 4) is 11.1 Å². The molecule has 0 aromatic heterocycles. The summed E-state index contributed by atoms with van der Waals surface area (Å²) in [5.41, 5.74) is 4.54. The van der Waals surface area contributed by atoms with Crippen molar-refractivity contribution in [2.24, 2.45) is 11.3 Å². The Hall–Kier alpha value is -2.63. The van der Waals surface area contributed by atoms with E-state index in [0.717, 1.165) is 25.9 Å². The molecule has 5 bridgehead atoms. The Labute approximate surface area is 195 Å². The number of methoxy groups -OCH3 is 1. The number of hydrogen-bond donors (Lipinski definition) is 0. The van der Waals surface area contributed by atoms with Crippen molar-refractivity contribution in [3.63, 3.8) is 0 Å². The Kier molecular flexibility index (Phi) is 3.77. The second-order valence-corrected chi connectivity index (χ2v) is 10.4. The number of carbonyl (C=O) groups is 1. The maximum atomic E-state index is 13.9. The molecule has 0 amide bonds. The smallest absolute Gasteiger partial charge is 0.315 e. The quantitative estimate of drug-likeness (QED) is 0.520. The van der Waals surface area contributed by atoms with Crippen molar-refractivity contribution in [1.82, 2.24) is 4.90 Å². The molecular weight excluding hydrogens is 412 g/mol. The van der Waals surface area contributed by atoms with Crippen molar-refractivity contribution in [2.75, 3.05) is 38.8 Å². The van der Waals surface area contributed by atoms with E-state index in [0.29, 0.717) is 6.61 Å². The average Bonchev–Trinajstić information content (AvgIpc) is 3.25. The molecule has 2 aromatic rings. The molecule has 33 heavy (non-hydrogen) atoms. The first-order valence-electron chi connectivity index (χ1n) is 12.1. The molecule has 0 spiro atoms. The van der Waals surface area contributed by atoms with Crippen molar-refractivity contribution in [3.05, 3.63) is 65.7 Å². The molecule has 0 unspecified atom stereocenters. The normalized spacial score (nSPS) is 39.0. The molecule has 4 fully saturated rings. The second kappa shape index (κ2) is 6.28. The minimum absolute atomic E-state index is 0.103. The summed E-state index contributed by atoms with van der Waals surface area (Å²) in [4.78, 5) is 18.9. The number of anilines is 1. The minimum Gasteiger partial charge on any atom is -0.468 e. The number of piperidine rings is 2. The number of rotatable bonds is 2. The van der Waals surface area contributed by atoms with Crippen LogP contribution in [0.15, 0.2) is 60.2 Å². The molecule has 1 aliphatic carbocycles. The van der Waals surface area contributed by atoms with Crippen LogP contribution >= 0.6 is 0 Å². The van der Waals surface area contributed by atoms with Gasteiger partial charge in [0.15, 0.2) is 5.72 Å². The summed E-state index contributed by atoms with van der Waals surface area (Å²) >= 11 is 0. The number of likely N-dealkylation sites (N-methyl/N-ethyl adjacent to an activating group) is 1. The summed E-state index contributed by atoms with van der Waals surface area (Å²) < 4.78 is 12.6. The first-order valence-corrected chi connectivity index (χ1v) is 12.1. The van der Waals surface area contributed by atoms with E-state index in [1.807, 2.05) is 0 Å². The Morgan fingerprint density at radius 3 is 2.76 bits per heavy atom. The first-order chi connectivity index (χ1) is 16.0. The van der Waals surface area contributed by atoms with Gasteiger partial charge in [-0.1, -0.05) is 48.0 Å². The highest BCUT2D eigenvalue weighted by Gasteiger charge is 2.86. The molecule has 5 nitrogen and oxygen atoms in total. The van der Waals surface area contributed by atoms with Crippen molar-refractivity contribution >= 4 is 11.7 Å². The van der Waals surface area contributed by atoms with E-state index in [4.69, 9.17) is 9.47 Å². The van der Waals surface area contributed by atoms with Crippen molar-refractivity contribution < 1.29 is 14.3 Å². The highest BCUT2D eigenvalue weighted by Crippen LogP contribution is 2.76. The van der Waals surface area contributed by atoms with Gasteiger partial charge in [-0.2, -0.15) is 0 Å². The highest BCUT2D eigenvalue weighted by atomic mass is 16.6. The third kappa shape index (κ3) is 1.91. The first kappa shape index (κ1) is 19.8. The molecule has 5 atom stereocenters. The number of ether oxygens (including phenoxy) is 2. The summed E-state index contributed by atoms with van der Waals surface area (Å²) in [6.07, 6.45) is 4.09. The summed E-state index contributed by atoms with van der Waals surface area (Å²) in [7, 11) is 3.72. The molecule has 2 aromatic carbocycles. The largest absolute Gasteiger partial charge is 0.468 e. The van der Waals surface area contributed by atoms with Gasteiger partial charge < -0.3 is 14.4 Å². The van der Waals surface area contributed by atoms with Gasteiger partial charge in [0.05, 0.1) is 25.2 Å². The summed E-state index contributed by atoms with van der Waals surface area (Å²) in [6.45, 7) is 4.44. The Morgan fingerprint density at radius 2 is 2.00 bits per heavy atom. The lowest BCUT2D eigenvalue weighted by Gasteiger charge is -2.66.